The Bertz CT molecular complexity index is 953. The van der Waals surface area contributed by atoms with Gasteiger partial charge < -0.3 is 9.88 Å². The van der Waals surface area contributed by atoms with Gasteiger partial charge in [0.25, 0.3) is 0 Å². The summed E-state index contributed by atoms with van der Waals surface area (Å²) < 4.78 is 2.05. The van der Waals surface area contributed by atoms with E-state index in [0.717, 1.165) is 27.8 Å². The standard InChI is InChI=1S/C16H14N4/c1-17-16-14-15(20(2)9-18-14)12-7-10-5-3-4-6-11(10)8-13(12)19-16/h3-9H,1-2H3,(H,17,19). The second kappa shape index (κ2) is 3.93. The minimum atomic E-state index is 0.823. The first kappa shape index (κ1) is 11.2. The van der Waals surface area contributed by atoms with Crippen molar-refractivity contribution in [3.05, 3.63) is 42.7 Å². The van der Waals surface area contributed by atoms with Crippen LogP contribution in [0.3, 0.4) is 0 Å². The van der Waals surface area contributed by atoms with Crippen LogP contribution in [0.2, 0.25) is 0 Å². The van der Waals surface area contributed by atoms with Gasteiger partial charge in [-0.25, -0.2) is 9.97 Å². The Morgan fingerprint density at radius 1 is 1.10 bits per heavy atom. The number of anilines is 1. The van der Waals surface area contributed by atoms with Gasteiger partial charge in [0.05, 0.1) is 17.4 Å². The molecule has 0 atom stereocenters. The summed E-state index contributed by atoms with van der Waals surface area (Å²) in [5.41, 5.74) is 3.02. The smallest absolute Gasteiger partial charge is 0.154 e. The van der Waals surface area contributed by atoms with Crippen LogP contribution in [0.25, 0.3) is 32.7 Å². The topological polar surface area (TPSA) is 42.7 Å². The lowest BCUT2D eigenvalue weighted by molar-refractivity contribution is 0.951. The van der Waals surface area contributed by atoms with E-state index in [1.54, 1.807) is 0 Å². The zero-order chi connectivity index (χ0) is 13.7. The van der Waals surface area contributed by atoms with Crippen molar-refractivity contribution >= 4 is 38.5 Å². The van der Waals surface area contributed by atoms with Gasteiger partial charge in [0, 0.05) is 19.5 Å². The third-order valence-electron chi connectivity index (χ3n) is 3.75. The van der Waals surface area contributed by atoms with Crippen LogP contribution in [0, 0.1) is 0 Å². The number of nitrogens with zero attached hydrogens (tertiary/aromatic N) is 3. The first-order valence-corrected chi connectivity index (χ1v) is 6.59. The second-order valence-electron chi connectivity index (χ2n) is 4.98. The Labute approximate surface area is 116 Å². The van der Waals surface area contributed by atoms with Crippen LogP contribution >= 0.6 is 0 Å². The van der Waals surface area contributed by atoms with E-state index in [0.29, 0.717) is 0 Å². The molecule has 2 aromatic heterocycles. The number of rotatable bonds is 1. The molecule has 0 unspecified atom stereocenters. The van der Waals surface area contributed by atoms with Gasteiger partial charge in [-0.05, 0) is 22.9 Å². The number of pyridine rings is 1. The summed E-state index contributed by atoms with van der Waals surface area (Å²) in [6.45, 7) is 0. The van der Waals surface area contributed by atoms with Crippen molar-refractivity contribution in [1.29, 1.82) is 0 Å². The Balaban J connectivity index is 2.27. The summed E-state index contributed by atoms with van der Waals surface area (Å²) >= 11 is 0. The zero-order valence-electron chi connectivity index (χ0n) is 11.4. The number of nitrogens with one attached hydrogen (secondary N) is 1. The average molecular weight is 262 g/mol. The number of fused-ring (bicyclic) bond motifs is 4. The van der Waals surface area contributed by atoms with Crippen molar-refractivity contribution in [1.82, 2.24) is 14.5 Å². The SMILES string of the molecule is CNc1nc2cc3ccccc3cc2c2c1ncn2C. The fourth-order valence-electron chi connectivity index (χ4n) is 2.78. The van der Waals surface area contributed by atoms with E-state index >= 15 is 0 Å². The van der Waals surface area contributed by atoms with E-state index in [2.05, 4.69) is 51.3 Å². The molecule has 0 saturated carbocycles. The highest BCUT2D eigenvalue weighted by Crippen LogP contribution is 2.30. The summed E-state index contributed by atoms with van der Waals surface area (Å²) in [5.74, 6) is 0.823. The largest absolute Gasteiger partial charge is 0.371 e. The Kier molecular flexibility index (Phi) is 2.21. The highest BCUT2D eigenvalue weighted by molar-refractivity contribution is 6.11. The minimum Gasteiger partial charge on any atom is -0.371 e. The van der Waals surface area contributed by atoms with Crippen molar-refractivity contribution in [3.63, 3.8) is 0 Å². The maximum absolute atomic E-state index is 4.70. The maximum atomic E-state index is 4.70. The summed E-state index contributed by atoms with van der Waals surface area (Å²) in [7, 11) is 3.90. The Morgan fingerprint density at radius 2 is 1.85 bits per heavy atom. The molecule has 0 amide bonds. The number of hydrogen-bond donors (Lipinski definition) is 1. The van der Waals surface area contributed by atoms with Gasteiger partial charge in [-0.3, -0.25) is 0 Å². The number of aromatic nitrogens is 3. The molecular weight excluding hydrogens is 248 g/mol. The van der Waals surface area contributed by atoms with Crippen molar-refractivity contribution in [2.45, 2.75) is 0 Å². The zero-order valence-corrected chi connectivity index (χ0v) is 11.4. The summed E-state index contributed by atoms with van der Waals surface area (Å²) in [6.07, 6.45) is 1.84. The molecule has 0 aliphatic rings. The van der Waals surface area contributed by atoms with E-state index in [-0.39, 0.29) is 0 Å². The van der Waals surface area contributed by atoms with Crippen LogP contribution in [0.5, 0.6) is 0 Å². The predicted molar refractivity (Wildman–Crippen MR) is 83.1 cm³/mol. The van der Waals surface area contributed by atoms with Gasteiger partial charge in [-0.15, -0.1) is 0 Å². The molecule has 4 aromatic rings. The average Bonchev–Trinajstić information content (AvgIpc) is 2.87. The number of hydrogen-bond acceptors (Lipinski definition) is 3. The van der Waals surface area contributed by atoms with Crippen LogP contribution in [0.15, 0.2) is 42.7 Å². The van der Waals surface area contributed by atoms with Crippen LogP contribution in [0.4, 0.5) is 5.82 Å². The normalized spacial score (nSPS) is 11.5. The molecule has 0 aliphatic heterocycles. The molecule has 0 spiro atoms. The van der Waals surface area contributed by atoms with Crippen LogP contribution in [-0.2, 0) is 7.05 Å². The van der Waals surface area contributed by atoms with Gasteiger partial charge in [-0.2, -0.15) is 0 Å². The predicted octanol–water partition coefficient (Wildman–Crippen LogP) is 3.32. The van der Waals surface area contributed by atoms with E-state index in [1.807, 2.05) is 20.4 Å². The molecule has 0 fully saturated rings. The first-order valence-electron chi connectivity index (χ1n) is 6.59. The molecule has 4 heteroatoms. The molecule has 4 rings (SSSR count). The fourth-order valence-corrected chi connectivity index (χ4v) is 2.78. The number of aryl methyl sites for hydroxylation is 1. The third kappa shape index (κ3) is 1.42. The minimum absolute atomic E-state index is 0.823. The van der Waals surface area contributed by atoms with Crippen molar-refractivity contribution in [3.8, 4) is 0 Å². The number of benzene rings is 2. The molecular formula is C16H14N4. The molecule has 98 valence electrons. The second-order valence-corrected chi connectivity index (χ2v) is 4.98. The molecule has 1 N–H and O–H groups in total. The van der Waals surface area contributed by atoms with Crippen LogP contribution in [-0.4, -0.2) is 21.6 Å². The lowest BCUT2D eigenvalue weighted by atomic mass is 10.1. The summed E-state index contributed by atoms with van der Waals surface area (Å²) in [5, 5.41) is 6.70. The molecule has 0 aliphatic carbocycles. The van der Waals surface area contributed by atoms with Gasteiger partial charge in [0.15, 0.2) is 5.82 Å². The Morgan fingerprint density at radius 3 is 2.60 bits per heavy atom. The van der Waals surface area contributed by atoms with Gasteiger partial charge in [0.1, 0.15) is 5.52 Å². The quantitative estimate of drug-likeness (QED) is 0.535. The van der Waals surface area contributed by atoms with Crippen molar-refractivity contribution in [2.75, 3.05) is 12.4 Å². The van der Waals surface area contributed by atoms with E-state index in [1.165, 1.54) is 10.8 Å². The van der Waals surface area contributed by atoms with Crippen LogP contribution in [0.1, 0.15) is 0 Å². The fraction of sp³-hybridized carbons (Fsp3) is 0.125. The van der Waals surface area contributed by atoms with Crippen molar-refractivity contribution < 1.29 is 0 Å². The van der Waals surface area contributed by atoms with Crippen LogP contribution < -0.4 is 5.32 Å². The van der Waals surface area contributed by atoms with Gasteiger partial charge >= 0.3 is 0 Å². The monoisotopic (exact) mass is 262 g/mol. The third-order valence-corrected chi connectivity index (χ3v) is 3.75. The molecule has 0 saturated heterocycles. The highest BCUT2D eigenvalue weighted by Gasteiger charge is 2.12. The summed E-state index contributed by atoms with van der Waals surface area (Å²) in [6, 6.07) is 12.7. The van der Waals surface area contributed by atoms with E-state index < -0.39 is 0 Å². The van der Waals surface area contributed by atoms with Gasteiger partial charge in [-0.1, -0.05) is 24.3 Å². The molecule has 0 bridgehead atoms. The molecule has 4 nitrogen and oxygen atoms in total. The Hall–Kier alpha value is -2.62. The van der Waals surface area contributed by atoms with E-state index in [4.69, 9.17) is 4.98 Å². The molecule has 2 aromatic carbocycles. The van der Waals surface area contributed by atoms with E-state index in [9.17, 15) is 0 Å². The lowest BCUT2D eigenvalue weighted by Gasteiger charge is -2.08. The molecule has 0 radical (unpaired) electrons. The molecule has 20 heavy (non-hydrogen) atoms. The molecule has 2 heterocycles. The summed E-state index contributed by atoms with van der Waals surface area (Å²) in [4.78, 5) is 9.16. The van der Waals surface area contributed by atoms with Gasteiger partial charge in [0.2, 0.25) is 0 Å². The maximum Gasteiger partial charge on any atom is 0.154 e. The number of imidazole rings is 1. The lowest BCUT2D eigenvalue weighted by Crippen LogP contribution is -1.96. The highest BCUT2D eigenvalue weighted by atomic mass is 15.1. The first-order chi connectivity index (χ1) is 9.78. The van der Waals surface area contributed by atoms with Crippen molar-refractivity contribution in [2.24, 2.45) is 7.05 Å².